The predicted molar refractivity (Wildman–Crippen MR) is 111 cm³/mol. The van der Waals surface area contributed by atoms with E-state index in [-0.39, 0.29) is 5.91 Å². The first kappa shape index (κ1) is 18.7. The van der Waals surface area contributed by atoms with Crippen LogP contribution in [-0.4, -0.2) is 11.6 Å². The molecule has 0 fully saturated rings. The molecule has 3 rings (SSSR count). The van der Waals surface area contributed by atoms with Gasteiger partial charge in [0.15, 0.2) is 0 Å². The lowest BCUT2D eigenvalue weighted by Crippen LogP contribution is -2.19. The number of nitrogens with one attached hydrogen (secondary N) is 1. The third kappa shape index (κ3) is 5.21. The number of carbonyl (C=O) groups is 1. The van der Waals surface area contributed by atoms with E-state index in [9.17, 15) is 4.79 Å². The Bertz CT molecular complexity index is 889. The van der Waals surface area contributed by atoms with Gasteiger partial charge in [0.1, 0.15) is 0 Å². The Hall–Kier alpha value is -2.08. The highest BCUT2D eigenvalue weighted by Crippen LogP contribution is 2.24. The maximum Gasteiger partial charge on any atom is 0.271 e. The summed E-state index contributed by atoms with van der Waals surface area (Å²) in [5.41, 5.74) is 5.15. The Morgan fingerprint density at radius 2 is 1.85 bits per heavy atom. The molecule has 0 aliphatic rings. The van der Waals surface area contributed by atoms with Crippen LogP contribution in [0.4, 0.5) is 0 Å². The zero-order valence-corrected chi connectivity index (χ0v) is 16.5. The average molecular weight is 401 g/mol. The summed E-state index contributed by atoms with van der Waals surface area (Å²) in [5, 5.41) is 6.88. The third-order valence-electron chi connectivity index (χ3n) is 3.64. The Labute approximate surface area is 166 Å². The van der Waals surface area contributed by atoms with Crippen molar-refractivity contribution in [1.29, 1.82) is 0 Å². The second kappa shape index (κ2) is 9.03. The van der Waals surface area contributed by atoms with Gasteiger partial charge in [-0.3, -0.25) is 4.79 Å². The molecule has 1 amide bonds. The van der Waals surface area contributed by atoms with Gasteiger partial charge in [0.05, 0.1) is 5.71 Å². The number of hydrogen-bond donors (Lipinski definition) is 1. The summed E-state index contributed by atoms with van der Waals surface area (Å²) in [5.74, 6) is 0.622. The molecule has 1 aromatic heterocycles. The summed E-state index contributed by atoms with van der Waals surface area (Å²) in [6, 6.07) is 19.3. The highest BCUT2D eigenvalue weighted by Gasteiger charge is 2.06. The maximum absolute atomic E-state index is 12.2. The molecule has 0 saturated carbocycles. The SMILES string of the molecule is C/C(=N\NC(=O)c1ccc(CSc2ccc(Cl)cc2)cc1)c1cccs1. The molecule has 0 unspecified atom stereocenters. The molecule has 6 heteroatoms. The molecule has 3 nitrogen and oxygen atoms in total. The largest absolute Gasteiger partial charge is 0.271 e. The molecule has 3 aromatic rings. The summed E-state index contributed by atoms with van der Waals surface area (Å²) in [4.78, 5) is 14.4. The Kier molecular flexibility index (Phi) is 6.50. The van der Waals surface area contributed by atoms with Crippen molar-refractivity contribution in [2.45, 2.75) is 17.6 Å². The highest BCUT2D eigenvalue weighted by molar-refractivity contribution is 7.98. The molecule has 2 aromatic carbocycles. The summed E-state index contributed by atoms with van der Waals surface area (Å²) >= 11 is 9.22. The monoisotopic (exact) mass is 400 g/mol. The smallest absolute Gasteiger partial charge is 0.267 e. The number of thioether (sulfide) groups is 1. The highest BCUT2D eigenvalue weighted by atomic mass is 35.5. The lowest BCUT2D eigenvalue weighted by Gasteiger charge is -2.05. The van der Waals surface area contributed by atoms with Gasteiger partial charge < -0.3 is 0 Å². The number of benzene rings is 2. The molecule has 1 heterocycles. The molecule has 0 atom stereocenters. The Balaban J connectivity index is 1.55. The van der Waals surface area contributed by atoms with E-state index in [2.05, 4.69) is 10.5 Å². The van der Waals surface area contributed by atoms with E-state index in [1.807, 2.05) is 73.0 Å². The second-order valence-corrected chi connectivity index (χ2v) is 7.99. The molecule has 0 saturated heterocycles. The molecule has 0 radical (unpaired) electrons. The van der Waals surface area contributed by atoms with Crippen molar-refractivity contribution in [2.75, 3.05) is 0 Å². The topological polar surface area (TPSA) is 41.5 Å². The minimum atomic E-state index is -0.210. The van der Waals surface area contributed by atoms with Gasteiger partial charge in [-0.1, -0.05) is 29.8 Å². The quantitative estimate of drug-likeness (QED) is 0.320. The standard InChI is InChI=1S/C20H17ClN2OS2/c1-14(19-3-2-12-25-19)22-23-20(24)16-6-4-15(5-7-16)13-26-18-10-8-17(21)9-11-18/h2-12H,13H2,1H3,(H,23,24)/b22-14+. The molecular weight excluding hydrogens is 384 g/mol. The fourth-order valence-electron chi connectivity index (χ4n) is 2.19. The van der Waals surface area contributed by atoms with Gasteiger partial charge in [-0.2, -0.15) is 5.10 Å². The van der Waals surface area contributed by atoms with Crippen LogP contribution < -0.4 is 5.43 Å². The zero-order chi connectivity index (χ0) is 18.4. The lowest BCUT2D eigenvalue weighted by molar-refractivity contribution is 0.0955. The fourth-order valence-corrected chi connectivity index (χ4v) is 3.85. The van der Waals surface area contributed by atoms with Crippen LogP contribution >= 0.6 is 34.7 Å². The van der Waals surface area contributed by atoms with Gasteiger partial charge in [0.2, 0.25) is 0 Å². The molecule has 0 aliphatic carbocycles. The van der Waals surface area contributed by atoms with Gasteiger partial charge in [-0.15, -0.1) is 23.1 Å². The first-order chi connectivity index (χ1) is 12.6. The normalized spacial score (nSPS) is 11.4. The molecule has 26 heavy (non-hydrogen) atoms. The third-order valence-corrected chi connectivity index (χ3v) is 5.95. The number of carbonyl (C=O) groups excluding carboxylic acids is 1. The van der Waals surface area contributed by atoms with E-state index >= 15 is 0 Å². The molecule has 0 spiro atoms. The van der Waals surface area contributed by atoms with Crippen molar-refractivity contribution >= 4 is 46.3 Å². The molecule has 132 valence electrons. The van der Waals surface area contributed by atoms with Gasteiger partial charge in [-0.25, -0.2) is 5.43 Å². The number of halogens is 1. The van der Waals surface area contributed by atoms with Crippen LogP contribution in [-0.2, 0) is 5.75 Å². The van der Waals surface area contributed by atoms with Crippen LogP contribution in [0.1, 0.15) is 27.7 Å². The van der Waals surface area contributed by atoms with Crippen molar-refractivity contribution in [3.05, 3.63) is 87.1 Å². The van der Waals surface area contributed by atoms with E-state index in [4.69, 9.17) is 11.6 Å². The number of thiophene rings is 1. The van der Waals surface area contributed by atoms with E-state index in [1.165, 1.54) is 0 Å². The van der Waals surface area contributed by atoms with E-state index in [1.54, 1.807) is 23.1 Å². The summed E-state index contributed by atoms with van der Waals surface area (Å²) in [6.07, 6.45) is 0. The molecular formula is C20H17ClN2OS2. The predicted octanol–water partition coefficient (Wildman–Crippen LogP) is 5.85. The van der Waals surface area contributed by atoms with Crippen molar-refractivity contribution in [3.8, 4) is 0 Å². The van der Waals surface area contributed by atoms with Crippen LogP contribution in [0.5, 0.6) is 0 Å². The van der Waals surface area contributed by atoms with Crippen molar-refractivity contribution < 1.29 is 4.79 Å². The van der Waals surface area contributed by atoms with Gasteiger partial charge >= 0.3 is 0 Å². The van der Waals surface area contributed by atoms with Gasteiger partial charge in [0.25, 0.3) is 5.91 Å². The van der Waals surface area contributed by atoms with Crippen molar-refractivity contribution in [3.63, 3.8) is 0 Å². The number of rotatable bonds is 6. The Morgan fingerprint density at radius 3 is 2.50 bits per heavy atom. The molecule has 0 aliphatic heterocycles. The number of nitrogens with zero attached hydrogens (tertiary/aromatic N) is 1. The second-order valence-electron chi connectivity index (χ2n) is 5.55. The summed E-state index contributed by atoms with van der Waals surface area (Å²) in [7, 11) is 0. The van der Waals surface area contributed by atoms with Crippen LogP contribution in [0, 0.1) is 0 Å². The van der Waals surface area contributed by atoms with Crippen molar-refractivity contribution in [2.24, 2.45) is 5.10 Å². The first-order valence-electron chi connectivity index (χ1n) is 7.97. The maximum atomic E-state index is 12.2. The number of hydrazone groups is 1. The molecule has 0 bridgehead atoms. The molecule has 1 N–H and O–H groups in total. The van der Waals surface area contributed by atoms with Gasteiger partial charge in [0, 0.05) is 26.1 Å². The average Bonchev–Trinajstić information content (AvgIpc) is 3.21. The van der Waals surface area contributed by atoms with Crippen LogP contribution in [0.3, 0.4) is 0 Å². The minimum Gasteiger partial charge on any atom is -0.267 e. The van der Waals surface area contributed by atoms with Crippen LogP contribution in [0.15, 0.2) is 76.0 Å². The van der Waals surface area contributed by atoms with E-state index in [0.29, 0.717) is 5.56 Å². The summed E-state index contributed by atoms with van der Waals surface area (Å²) in [6.45, 7) is 1.88. The first-order valence-corrected chi connectivity index (χ1v) is 10.2. The van der Waals surface area contributed by atoms with E-state index < -0.39 is 0 Å². The van der Waals surface area contributed by atoms with Crippen molar-refractivity contribution in [1.82, 2.24) is 5.43 Å². The summed E-state index contributed by atoms with van der Waals surface area (Å²) < 4.78 is 0. The van der Waals surface area contributed by atoms with Crippen LogP contribution in [0.25, 0.3) is 0 Å². The number of amides is 1. The van der Waals surface area contributed by atoms with Crippen LogP contribution in [0.2, 0.25) is 5.02 Å². The van der Waals surface area contributed by atoms with Gasteiger partial charge in [-0.05, 0) is 60.3 Å². The number of hydrogen-bond acceptors (Lipinski definition) is 4. The Morgan fingerprint density at radius 1 is 1.12 bits per heavy atom. The zero-order valence-electron chi connectivity index (χ0n) is 14.1. The fraction of sp³-hybridized carbons (Fsp3) is 0.100. The minimum absolute atomic E-state index is 0.210. The van der Waals surface area contributed by atoms with E-state index in [0.717, 1.165) is 31.8 Å². The lowest BCUT2D eigenvalue weighted by atomic mass is 10.1.